The van der Waals surface area contributed by atoms with Crippen LogP contribution in [0.15, 0.2) is 115 Å². The molecule has 0 unspecified atom stereocenters. The zero-order chi connectivity index (χ0) is 28.7. The van der Waals surface area contributed by atoms with E-state index in [-0.39, 0.29) is 11.6 Å². The van der Waals surface area contributed by atoms with Crippen LogP contribution < -0.4 is 0 Å². The van der Waals surface area contributed by atoms with Crippen molar-refractivity contribution in [2.45, 2.75) is 6.42 Å². The molecular weight excluding hydrogens is 575 g/mol. The molecule has 2 nitrogen and oxygen atoms in total. The lowest BCUT2D eigenvalue weighted by atomic mass is 9.92. The summed E-state index contributed by atoms with van der Waals surface area (Å²) in [5, 5.41) is 2.39. The highest BCUT2D eigenvalue weighted by molar-refractivity contribution is 7.25. The minimum absolute atomic E-state index is 0.266. The number of nitrogens with zero attached hydrogens (tertiary/aromatic N) is 2. The Balaban J connectivity index is 1.53. The topological polar surface area (TPSA) is 9.86 Å². The summed E-state index contributed by atoms with van der Waals surface area (Å²) < 4.78 is 38.2. The third-order valence-corrected chi connectivity index (χ3v) is 10.7. The number of fused-ring (bicyclic) bond motifs is 6. The lowest BCUT2D eigenvalue weighted by Crippen LogP contribution is -2.04. The maximum absolute atomic E-state index is 14.7. The van der Waals surface area contributed by atoms with Crippen LogP contribution in [-0.4, -0.2) is 9.13 Å². The normalized spacial score (nSPS) is 12.7. The van der Waals surface area contributed by atoms with E-state index in [1.807, 2.05) is 24.3 Å². The van der Waals surface area contributed by atoms with Crippen LogP contribution in [-0.2, 0) is 6.42 Å². The Bertz CT molecular complexity index is 2520. The predicted octanol–water partition coefficient (Wildman–Crippen LogP) is 11.1. The minimum atomic E-state index is -0.269. The van der Waals surface area contributed by atoms with Gasteiger partial charge in [-0.1, -0.05) is 48.6 Å². The van der Waals surface area contributed by atoms with Gasteiger partial charge in [0.25, 0.3) is 0 Å². The lowest BCUT2D eigenvalue weighted by molar-refractivity contribution is 0.626. The van der Waals surface area contributed by atoms with Crippen LogP contribution in [0.5, 0.6) is 0 Å². The standard InChI is InChI=1S/C37H22F2N2S2/c38-23-9-6-11-25(19-23)40-29-14-1-4-17-34(29)43-37-28-21-32-36(27-13-5-8-22(35(27)28)18-31(37)40)42-33-16-3-2-15-30(33)41(32)26-12-7-10-24(39)20-26/h1-7,9-21H,8H2. The number of para-hydroxylation sites is 2. The molecule has 1 aliphatic carbocycles. The second-order valence-corrected chi connectivity index (χ2v) is 12.9. The Morgan fingerprint density at radius 2 is 1.14 bits per heavy atom. The van der Waals surface area contributed by atoms with E-state index >= 15 is 0 Å². The average Bonchev–Trinajstić information content (AvgIpc) is 3.03. The summed E-state index contributed by atoms with van der Waals surface area (Å²) in [5.74, 6) is -0.535. The first-order valence-corrected chi connectivity index (χ1v) is 15.8. The first-order chi connectivity index (χ1) is 21.1. The SMILES string of the molecule is Fc1cccc(-n2c3ccccc3sc3c4c5c(cc6c(sc7ccccc7n6-c6cccc(F)c6)c5cc32)CC=C4)c1. The molecule has 0 radical (unpaired) electrons. The van der Waals surface area contributed by atoms with Gasteiger partial charge >= 0.3 is 0 Å². The monoisotopic (exact) mass is 596 g/mol. The number of aromatic nitrogens is 2. The molecule has 8 aromatic rings. The number of hydrogen-bond donors (Lipinski definition) is 0. The second-order valence-electron chi connectivity index (χ2n) is 10.8. The van der Waals surface area contributed by atoms with Crippen LogP contribution in [0.4, 0.5) is 8.78 Å². The van der Waals surface area contributed by atoms with Crippen LogP contribution in [0.2, 0.25) is 0 Å². The number of rotatable bonds is 2. The van der Waals surface area contributed by atoms with Crippen molar-refractivity contribution in [1.82, 2.24) is 9.13 Å². The van der Waals surface area contributed by atoms with Gasteiger partial charge in [0.1, 0.15) is 11.6 Å². The molecular formula is C37H22F2N2S2. The van der Waals surface area contributed by atoms with Crippen molar-refractivity contribution in [2.24, 2.45) is 0 Å². The molecule has 6 aromatic carbocycles. The zero-order valence-electron chi connectivity index (χ0n) is 22.7. The molecule has 0 N–H and O–H groups in total. The molecule has 2 aromatic heterocycles. The maximum atomic E-state index is 14.7. The van der Waals surface area contributed by atoms with Crippen molar-refractivity contribution in [3.63, 3.8) is 0 Å². The molecule has 206 valence electrons. The van der Waals surface area contributed by atoms with Gasteiger partial charge in [-0.15, -0.1) is 22.7 Å². The van der Waals surface area contributed by atoms with E-state index in [4.69, 9.17) is 0 Å². The summed E-state index contributed by atoms with van der Waals surface area (Å²) in [7, 11) is 0. The van der Waals surface area contributed by atoms with E-state index in [1.165, 1.54) is 28.6 Å². The van der Waals surface area contributed by atoms with Crippen molar-refractivity contribution >= 4 is 80.4 Å². The molecule has 43 heavy (non-hydrogen) atoms. The van der Waals surface area contributed by atoms with Crippen LogP contribution >= 0.6 is 22.7 Å². The van der Waals surface area contributed by atoms with Crippen molar-refractivity contribution < 1.29 is 8.78 Å². The van der Waals surface area contributed by atoms with Gasteiger partial charge in [0.05, 0.1) is 40.9 Å². The van der Waals surface area contributed by atoms with Gasteiger partial charge in [-0.25, -0.2) is 8.78 Å². The van der Waals surface area contributed by atoms with E-state index in [1.54, 1.807) is 46.9 Å². The third-order valence-electron chi connectivity index (χ3n) is 8.28. The fraction of sp³-hybridized carbons (Fsp3) is 0.0270. The highest BCUT2D eigenvalue weighted by Gasteiger charge is 2.21. The van der Waals surface area contributed by atoms with Gasteiger partial charge in [0.15, 0.2) is 0 Å². The molecule has 0 saturated heterocycles. The molecule has 0 fully saturated rings. The number of benzene rings is 6. The Morgan fingerprint density at radius 3 is 1.77 bits per heavy atom. The summed E-state index contributed by atoms with van der Waals surface area (Å²) in [5.41, 5.74) is 8.13. The van der Waals surface area contributed by atoms with E-state index < -0.39 is 0 Å². The fourth-order valence-electron chi connectivity index (χ4n) is 6.53. The highest BCUT2D eigenvalue weighted by atomic mass is 32.1. The van der Waals surface area contributed by atoms with E-state index in [0.29, 0.717) is 0 Å². The molecule has 0 atom stereocenters. The number of halogens is 2. The van der Waals surface area contributed by atoms with E-state index in [0.717, 1.165) is 64.0 Å². The van der Waals surface area contributed by atoms with Crippen molar-refractivity contribution in [2.75, 3.05) is 0 Å². The Labute approximate surface area is 253 Å². The minimum Gasteiger partial charge on any atom is -0.308 e. The summed E-state index contributed by atoms with van der Waals surface area (Å²) in [4.78, 5) is 0. The summed E-state index contributed by atoms with van der Waals surface area (Å²) in [6.07, 6.45) is 5.29. The fourth-order valence-corrected chi connectivity index (χ4v) is 8.85. The van der Waals surface area contributed by atoms with Crippen molar-refractivity contribution in [3.8, 4) is 11.4 Å². The Morgan fingerprint density at radius 1 is 0.558 bits per heavy atom. The van der Waals surface area contributed by atoms with Gasteiger partial charge in [-0.05, 0) is 90.2 Å². The quantitative estimate of drug-likeness (QED) is 0.139. The highest BCUT2D eigenvalue weighted by Crippen LogP contribution is 2.45. The Hall–Kier alpha value is -4.78. The molecule has 0 aliphatic heterocycles. The zero-order valence-corrected chi connectivity index (χ0v) is 24.4. The Kier molecular flexibility index (Phi) is 5.40. The van der Waals surface area contributed by atoms with E-state index in [2.05, 4.69) is 69.8 Å². The van der Waals surface area contributed by atoms with Crippen molar-refractivity contribution in [1.29, 1.82) is 0 Å². The summed E-state index contributed by atoms with van der Waals surface area (Å²) in [6.45, 7) is 0. The van der Waals surface area contributed by atoms with Crippen LogP contribution in [0.25, 0.3) is 69.1 Å². The molecule has 6 heteroatoms. The maximum Gasteiger partial charge on any atom is 0.125 e. The summed E-state index contributed by atoms with van der Waals surface area (Å²) in [6, 6.07) is 34.9. The predicted molar refractivity (Wildman–Crippen MR) is 179 cm³/mol. The molecule has 9 rings (SSSR count). The van der Waals surface area contributed by atoms with Gasteiger partial charge in [-0.2, -0.15) is 0 Å². The van der Waals surface area contributed by atoms with Gasteiger partial charge in [0.2, 0.25) is 0 Å². The second kappa shape index (κ2) is 9.36. The van der Waals surface area contributed by atoms with E-state index in [9.17, 15) is 8.78 Å². The number of hydrogen-bond acceptors (Lipinski definition) is 2. The number of allylic oxidation sites excluding steroid dienone is 1. The van der Waals surface area contributed by atoms with Crippen LogP contribution in [0.3, 0.4) is 0 Å². The molecule has 0 spiro atoms. The lowest BCUT2D eigenvalue weighted by Gasteiger charge is -2.23. The molecule has 0 amide bonds. The summed E-state index contributed by atoms with van der Waals surface area (Å²) >= 11 is 3.53. The largest absolute Gasteiger partial charge is 0.308 e. The average molecular weight is 597 g/mol. The smallest absolute Gasteiger partial charge is 0.125 e. The first-order valence-electron chi connectivity index (χ1n) is 14.1. The first kappa shape index (κ1) is 24.8. The van der Waals surface area contributed by atoms with Gasteiger partial charge < -0.3 is 9.13 Å². The van der Waals surface area contributed by atoms with Crippen LogP contribution in [0, 0.1) is 11.6 Å². The third kappa shape index (κ3) is 3.73. The van der Waals surface area contributed by atoms with Crippen molar-refractivity contribution in [3.05, 3.63) is 138 Å². The van der Waals surface area contributed by atoms with Gasteiger partial charge in [-0.3, -0.25) is 0 Å². The molecule has 1 aliphatic rings. The molecule has 0 saturated carbocycles. The van der Waals surface area contributed by atoms with Gasteiger partial charge in [0, 0.05) is 22.3 Å². The molecule has 2 heterocycles. The molecule has 0 bridgehead atoms. The van der Waals surface area contributed by atoms with Crippen LogP contribution in [0.1, 0.15) is 11.1 Å².